The van der Waals surface area contributed by atoms with Crippen LogP contribution in [0.25, 0.3) is 10.9 Å². The molecule has 1 N–H and O–H groups in total. The molecule has 1 fully saturated rings. The maximum Gasteiger partial charge on any atom is 0.273 e. The highest BCUT2D eigenvalue weighted by Crippen LogP contribution is 2.30. The fraction of sp³-hybridized carbons (Fsp3) is 0.565. The summed E-state index contributed by atoms with van der Waals surface area (Å²) in [6.07, 6.45) is 2.66. The number of nitrogens with zero attached hydrogens (tertiary/aromatic N) is 2. The Morgan fingerprint density at radius 1 is 1.28 bits per heavy atom. The molecule has 0 spiro atoms. The van der Waals surface area contributed by atoms with Crippen molar-refractivity contribution in [2.75, 3.05) is 33.4 Å². The third-order valence-corrected chi connectivity index (χ3v) is 5.40. The molecule has 0 radical (unpaired) electrons. The SMILES string of the molecule is COCCCOc1cc(C(=O)N(C(C)C)[C@H]2CCCNC2)nc2c(F)cc(C)cc12.Cl.Cl. The lowest BCUT2D eigenvalue weighted by atomic mass is 10.0. The highest BCUT2D eigenvalue weighted by atomic mass is 35.5. The molecule has 1 aliphatic heterocycles. The van der Waals surface area contributed by atoms with Crippen LogP contribution in [0.15, 0.2) is 18.2 Å². The number of nitrogens with one attached hydrogen (secondary N) is 1. The van der Waals surface area contributed by atoms with E-state index < -0.39 is 5.82 Å². The van der Waals surface area contributed by atoms with Crippen LogP contribution >= 0.6 is 24.8 Å². The van der Waals surface area contributed by atoms with Gasteiger partial charge in [-0.05, 0) is 57.9 Å². The Hall–Kier alpha value is -1.67. The number of aromatic nitrogens is 1. The van der Waals surface area contributed by atoms with Crippen LogP contribution in [0.5, 0.6) is 5.75 Å². The molecule has 1 saturated heterocycles. The summed E-state index contributed by atoms with van der Waals surface area (Å²) in [6.45, 7) is 8.53. The van der Waals surface area contributed by atoms with E-state index in [1.807, 2.05) is 31.7 Å². The average Bonchev–Trinajstić information content (AvgIpc) is 2.72. The Morgan fingerprint density at radius 3 is 2.66 bits per heavy atom. The maximum absolute atomic E-state index is 14.8. The van der Waals surface area contributed by atoms with Crippen LogP contribution in [0.4, 0.5) is 4.39 Å². The number of hydrogen-bond donors (Lipinski definition) is 1. The largest absolute Gasteiger partial charge is 0.493 e. The molecule has 2 heterocycles. The van der Waals surface area contributed by atoms with Crippen LogP contribution in [-0.2, 0) is 4.74 Å². The zero-order valence-electron chi connectivity index (χ0n) is 19.2. The summed E-state index contributed by atoms with van der Waals surface area (Å²) in [7, 11) is 1.64. The third-order valence-electron chi connectivity index (χ3n) is 5.40. The number of amides is 1. The van der Waals surface area contributed by atoms with E-state index in [9.17, 15) is 9.18 Å². The second-order valence-corrected chi connectivity index (χ2v) is 8.15. The molecule has 0 aliphatic carbocycles. The zero-order valence-corrected chi connectivity index (χ0v) is 20.8. The third kappa shape index (κ3) is 6.67. The number of ether oxygens (including phenoxy) is 2. The molecule has 9 heteroatoms. The summed E-state index contributed by atoms with van der Waals surface area (Å²) in [5, 5.41) is 3.94. The van der Waals surface area contributed by atoms with Crippen LogP contribution in [0.1, 0.15) is 49.2 Å². The Balaban J connectivity index is 0.00000256. The van der Waals surface area contributed by atoms with E-state index in [2.05, 4.69) is 10.3 Å². The fourth-order valence-corrected chi connectivity index (χ4v) is 4.03. The molecule has 1 aromatic heterocycles. The van der Waals surface area contributed by atoms with E-state index in [1.54, 1.807) is 13.2 Å². The molecule has 6 nitrogen and oxygen atoms in total. The lowest BCUT2D eigenvalue weighted by Gasteiger charge is -2.37. The molecule has 1 atom stereocenters. The van der Waals surface area contributed by atoms with Gasteiger partial charge in [0.1, 0.15) is 22.8 Å². The quantitative estimate of drug-likeness (QED) is 0.551. The lowest BCUT2D eigenvalue weighted by molar-refractivity contribution is 0.0567. The van der Waals surface area contributed by atoms with Gasteiger partial charge in [-0.3, -0.25) is 4.79 Å². The van der Waals surface area contributed by atoms with Gasteiger partial charge in [0.15, 0.2) is 0 Å². The van der Waals surface area contributed by atoms with Crippen molar-refractivity contribution in [2.24, 2.45) is 0 Å². The van der Waals surface area contributed by atoms with Gasteiger partial charge in [0.05, 0.1) is 6.61 Å². The normalized spacial score (nSPS) is 15.8. The van der Waals surface area contributed by atoms with E-state index in [0.29, 0.717) is 30.8 Å². The summed E-state index contributed by atoms with van der Waals surface area (Å²) < 4.78 is 25.8. The molecule has 32 heavy (non-hydrogen) atoms. The van der Waals surface area contributed by atoms with Gasteiger partial charge in [-0.2, -0.15) is 0 Å². The van der Waals surface area contributed by atoms with Crippen molar-refractivity contribution in [1.82, 2.24) is 15.2 Å². The van der Waals surface area contributed by atoms with Gasteiger partial charge in [-0.1, -0.05) is 0 Å². The van der Waals surface area contributed by atoms with Crippen molar-refractivity contribution in [3.05, 3.63) is 35.3 Å². The number of benzene rings is 1. The molecule has 1 amide bonds. The van der Waals surface area contributed by atoms with Crippen molar-refractivity contribution in [2.45, 2.75) is 52.1 Å². The molecule has 0 unspecified atom stereocenters. The monoisotopic (exact) mass is 489 g/mol. The van der Waals surface area contributed by atoms with Gasteiger partial charge in [0.2, 0.25) is 0 Å². The molecule has 1 aromatic carbocycles. The molecule has 0 saturated carbocycles. The predicted octanol–water partition coefficient (Wildman–Crippen LogP) is 4.54. The van der Waals surface area contributed by atoms with Gasteiger partial charge < -0.3 is 19.7 Å². The van der Waals surface area contributed by atoms with Crippen molar-refractivity contribution in [1.29, 1.82) is 0 Å². The maximum atomic E-state index is 14.8. The van der Waals surface area contributed by atoms with Crippen LogP contribution in [0.2, 0.25) is 0 Å². The molecule has 0 bridgehead atoms. The number of fused-ring (bicyclic) bond motifs is 1. The number of piperidine rings is 1. The predicted molar refractivity (Wildman–Crippen MR) is 130 cm³/mol. The van der Waals surface area contributed by atoms with Crippen molar-refractivity contribution in [3.63, 3.8) is 0 Å². The minimum atomic E-state index is -0.447. The van der Waals surface area contributed by atoms with Crippen LogP contribution in [-0.4, -0.2) is 61.3 Å². The number of aryl methyl sites for hydroxylation is 1. The summed E-state index contributed by atoms with van der Waals surface area (Å²) in [5.74, 6) is -0.160. The van der Waals surface area contributed by atoms with Gasteiger partial charge in [0, 0.05) is 50.2 Å². The number of carbonyl (C=O) groups is 1. The summed E-state index contributed by atoms with van der Waals surface area (Å²) in [6, 6.07) is 5.04. The minimum absolute atomic E-state index is 0. The van der Waals surface area contributed by atoms with Crippen LogP contribution < -0.4 is 10.1 Å². The highest BCUT2D eigenvalue weighted by Gasteiger charge is 2.30. The van der Waals surface area contributed by atoms with E-state index in [0.717, 1.165) is 31.5 Å². The molecule has 1 aliphatic rings. The Bertz CT molecular complexity index is 892. The molecule has 180 valence electrons. The number of hydrogen-bond acceptors (Lipinski definition) is 5. The summed E-state index contributed by atoms with van der Waals surface area (Å²) in [5.41, 5.74) is 1.16. The highest BCUT2D eigenvalue weighted by molar-refractivity contribution is 5.97. The number of rotatable bonds is 8. The fourth-order valence-electron chi connectivity index (χ4n) is 4.03. The number of pyridine rings is 1. The van der Waals surface area contributed by atoms with E-state index in [1.165, 1.54) is 6.07 Å². The Morgan fingerprint density at radius 2 is 2.03 bits per heavy atom. The molecular weight excluding hydrogens is 456 g/mol. The van der Waals surface area contributed by atoms with Gasteiger partial charge in [-0.15, -0.1) is 24.8 Å². The summed E-state index contributed by atoms with van der Waals surface area (Å²) in [4.78, 5) is 19.8. The second kappa shape index (κ2) is 13.1. The van der Waals surface area contributed by atoms with Gasteiger partial charge in [-0.25, -0.2) is 9.37 Å². The van der Waals surface area contributed by atoms with Gasteiger partial charge in [0.25, 0.3) is 5.91 Å². The standard InChI is InChI=1S/C23H32FN3O3.2ClH/c1-15(2)27(17-7-5-8-25-14-17)23(28)20-13-21(30-10-6-9-29-4)18-11-16(3)12-19(24)22(18)26-20;;/h11-13,15,17,25H,5-10,14H2,1-4H3;2*1H/t17-;;/m0../s1. The first-order valence-corrected chi connectivity index (χ1v) is 10.7. The van der Waals surface area contributed by atoms with E-state index in [4.69, 9.17) is 9.47 Å². The smallest absolute Gasteiger partial charge is 0.273 e. The second-order valence-electron chi connectivity index (χ2n) is 8.15. The minimum Gasteiger partial charge on any atom is -0.493 e. The first kappa shape index (κ1) is 28.4. The number of methoxy groups -OCH3 is 1. The van der Waals surface area contributed by atoms with Gasteiger partial charge >= 0.3 is 0 Å². The number of halogens is 3. The Kier molecular flexibility index (Phi) is 11.6. The summed E-state index contributed by atoms with van der Waals surface area (Å²) >= 11 is 0. The van der Waals surface area contributed by atoms with E-state index in [-0.39, 0.29) is 54.0 Å². The van der Waals surface area contributed by atoms with Crippen LogP contribution in [0, 0.1) is 12.7 Å². The average molecular weight is 490 g/mol. The number of carbonyl (C=O) groups excluding carboxylic acids is 1. The molecule has 3 rings (SSSR count). The molecule has 2 aromatic rings. The first-order chi connectivity index (χ1) is 14.4. The first-order valence-electron chi connectivity index (χ1n) is 10.7. The van der Waals surface area contributed by atoms with Crippen LogP contribution in [0.3, 0.4) is 0 Å². The lowest BCUT2D eigenvalue weighted by Crippen LogP contribution is -2.51. The molecular formula is C23H34Cl2FN3O3. The Labute approximate surface area is 202 Å². The van der Waals surface area contributed by atoms with Crippen molar-refractivity contribution < 1.29 is 18.7 Å². The topological polar surface area (TPSA) is 63.7 Å². The van der Waals surface area contributed by atoms with Crippen molar-refractivity contribution >= 4 is 41.6 Å². The van der Waals surface area contributed by atoms with E-state index >= 15 is 0 Å². The van der Waals surface area contributed by atoms with Crippen molar-refractivity contribution in [3.8, 4) is 5.75 Å². The zero-order chi connectivity index (χ0) is 21.7.